The number of hydrogen-bond donors (Lipinski definition) is 3. The van der Waals surface area contributed by atoms with Crippen molar-refractivity contribution in [3.8, 4) is 11.4 Å². The Balaban J connectivity index is 1.46. The maximum atomic E-state index is 12.7. The number of tetrazole rings is 1. The minimum Gasteiger partial charge on any atom is -0.324 e. The standard InChI is InChI=1S/C18H22N6O/c25-18(16-15(10-11-19-16)12-4-2-1-3-5-12)20-14-8-6-13(7-9-14)17-21-23-24-22-17/h6-9,16,19H,1-5,10-11H2,(H,20,25)(H,21,22,23,24)/t16-/m0/s1. The minimum absolute atomic E-state index is 0.0258. The van der Waals surface area contributed by atoms with Crippen LogP contribution >= 0.6 is 0 Å². The maximum absolute atomic E-state index is 12.7. The van der Waals surface area contributed by atoms with Crippen LogP contribution in [0, 0.1) is 0 Å². The third-order valence-corrected chi connectivity index (χ3v) is 5.02. The van der Waals surface area contributed by atoms with Gasteiger partial charge in [0.1, 0.15) is 6.04 Å². The summed E-state index contributed by atoms with van der Waals surface area (Å²) < 4.78 is 0. The third kappa shape index (κ3) is 3.46. The third-order valence-electron chi connectivity index (χ3n) is 5.02. The van der Waals surface area contributed by atoms with Crippen molar-refractivity contribution in [1.82, 2.24) is 25.9 Å². The minimum atomic E-state index is -0.190. The molecule has 25 heavy (non-hydrogen) atoms. The molecule has 2 fully saturated rings. The number of carbonyl (C=O) groups is 1. The summed E-state index contributed by atoms with van der Waals surface area (Å²) in [5.41, 5.74) is 4.46. The number of carbonyl (C=O) groups excluding carboxylic acids is 1. The highest BCUT2D eigenvalue weighted by molar-refractivity contribution is 5.97. The van der Waals surface area contributed by atoms with E-state index in [0.717, 1.165) is 37.1 Å². The number of aromatic amines is 1. The second-order valence-corrected chi connectivity index (χ2v) is 6.63. The zero-order valence-electron chi connectivity index (χ0n) is 14.1. The number of nitrogens with zero attached hydrogens (tertiary/aromatic N) is 3. The monoisotopic (exact) mass is 338 g/mol. The molecular weight excluding hydrogens is 316 g/mol. The number of allylic oxidation sites excluding steroid dienone is 1. The molecule has 1 aliphatic heterocycles. The van der Waals surface area contributed by atoms with Crippen LogP contribution in [0.3, 0.4) is 0 Å². The molecule has 0 radical (unpaired) electrons. The Morgan fingerprint density at radius 3 is 2.60 bits per heavy atom. The van der Waals surface area contributed by atoms with Crippen LogP contribution in [0.25, 0.3) is 11.4 Å². The van der Waals surface area contributed by atoms with Gasteiger partial charge in [0, 0.05) is 11.3 Å². The fourth-order valence-electron chi connectivity index (χ4n) is 3.75. The Morgan fingerprint density at radius 1 is 1.08 bits per heavy atom. The van der Waals surface area contributed by atoms with Crippen molar-refractivity contribution in [2.75, 3.05) is 11.9 Å². The van der Waals surface area contributed by atoms with Gasteiger partial charge in [0.05, 0.1) is 0 Å². The number of rotatable bonds is 3. The van der Waals surface area contributed by atoms with E-state index in [9.17, 15) is 4.79 Å². The van der Waals surface area contributed by atoms with Crippen molar-refractivity contribution in [3.05, 3.63) is 35.4 Å². The topological polar surface area (TPSA) is 95.6 Å². The van der Waals surface area contributed by atoms with Gasteiger partial charge in [-0.3, -0.25) is 4.79 Å². The van der Waals surface area contributed by atoms with Crippen LogP contribution in [-0.2, 0) is 4.79 Å². The molecule has 0 bridgehead atoms. The van der Waals surface area contributed by atoms with Crippen LogP contribution in [-0.4, -0.2) is 39.1 Å². The van der Waals surface area contributed by atoms with Gasteiger partial charge in [-0.25, -0.2) is 0 Å². The molecule has 1 saturated carbocycles. The molecule has 1 aromatic carbocycles. The summed E-state index contributed by atoms with van der Waals surface area (Å²) in [6, 6.07) is 7.30. The Morgan fingerprint density at radius 2 is 1.88 bits per heavy atom. The van der Waals surface area contributed by atoms with Crippen LogP contribution in [0.1, 0.15) is 38.5 Å². The first-order chi connectivity index (χ1) is 12.3. The van der Waals surface area contributed by atoms with E-state index >= 15 is 0 Å². The van der Waals surface area contributed by atoms with Gasteiger partial charge in [-0.1, -0.05) is 12.0 Å². The largest absolute Gasteiger partial charge is 0.324 e. The van der Waals surface area contributed by atoms with Gasteiger partial charge in [0.25, 0.3) is 0 Å². The zero-order chi connectivity index (χ0) is 17.1. The Hall–Kier alpha value is -2.54. The van der Waals surface area contributed by atoms with Crippen molar-refractivity contribution in [1.29, 1.82) is 0 Å². The van der Waals surface area contributed by atoms with Gasteiger partial charge >= 0.3 is 0 Å². The SMILES string of the molecule is O=C(Nc1ccc(-c2nn[nH]n2)cc1)[C@H]1NCCC1=C1CCCCC1. The summed E-state index contributed by atoms with van der Waals surface area (Å²) in [5, 5.41) is 20.3. The second kappa shape index (κ2) is 7.14. The van der Waals surface area contributed by atoms with Crippen molar-refractivity contribution in [3.63, 3.8) is 0 Å². The summed E-state index contributed by atoms with van der Waals surface area (Å²) >= 11 is 0. The molecule has 2 aromatic rings. The van der Waals surface area contributed by atoms with Crippen LogP contribution in [0.5, 0.6) is 0 Å². The Bertz CT molecular complexity index is 757. The predicted molar refractivity (Wildman–Crippen MR) is 94.8 cm³/mol. The fraction of sp³-hybridized carbons (Fsp3) is 0.444. The van der Waals surface area contributed by atoms with Crippen LogP contribution in [0.15, 0.2) is 35.4 Å². The van der Waals surface area contributed by atoms with E-state index < -0.39 is 0 Å². The first-order valence-electron chi connectivity index (χ1n) is 8.90. The molecule has 1 aromatic heterocycles. The first-order valence-corrected chi connectivity index (χ1v) is 8.90. The van der Waals surface area contributed by atoms with Crippen LogP contribution in [0.4, 0.5) is 5.69 Å². The fourth-order valence-corrected chi connectivity index (χ4v) is 3.75. The summed E-state index contributed by atoms with van der Waals surface area (Å²) in [6.45, 7) is 0.883. The molecule has 130 valence electrons. The van der Waals surface area contributed by atoms with Gasteiger partial charge in [-0.15, -0.1) is 10.2 Å². The molecule has 3 N–H and O–H groups in total. The van der Waals surface area contributed by atoms with Crippen molar-refractivity contribution in [2.24, 2.45) is 0 Å². The average Bonchev–Trinajstić information content (AvgIpc) is 3.35. The van der Waals surface area contributed by atoms with E-state index in [2.05, 4.69) is 31.3 Å². The molecule has 7 heteroatoms. The summed E-state index contributed by atoms with van der Waals surface area (Å²) in [4.78, 5) is 12.7. The Labute approximate surface area is 146 Å². The van der Waals surface area contributed by atoms with E-state index in [1.165, 1.54) is 30.4 Å². The smallest absolute Gasteiger partial charge is 0.245 e. The van der Waals surface area contributed by atoms with Gasteiger partial charge in [0.2, 0.25) is 11.7 Å². The van der Waals surface area contributed by atoms with E-state index in [0.29, 0.717) is 5.82 Å². The molecule has 2 heterocycles. The first kappa shape index (κ1) is 16.0. The van der Waals surface area contributed by atoms with E-state index in [4.69, 9.17) is 0 Å². The molecular formula is C18H22N6O. The number of nitrogens with one attached hydrogen (secondary N) is 3. The van der Waals surface area contributed by atoms with Crippen molar-refractivity contribution < 1.29 is 4.79 Å². The summed E-state index contributed by atoms with van der Waals surface area (Å²) in [6.07, 6.45) is 7.12. The van der Waals surface area contributed by atoms with E-state index in [-0.39, 0.29) is 11.9 Å². The zero-order valence-corrected chi connectivity index (χ0v) is 14.1. The molecule has 1 aliphatic carbocycles. The van der Waals surface area contributed by atoms with Crippen molar-refractivity contribution >= 4 is 11.6 Å². The average molecular weight is 338 g/mol. The van der Waals surface area contributed by atoms with Crippen LogP contribution < -0.4 is 10.6 Å². The molecule has 1 atom stereocenters. The lowest BCUT2D eigenvalue weighted by Gasteiger charge is -2.20. The van der Waals surface area contributed by atoms with E-state index in [1.807, 2.05) is 24.3 Å². The van der Waals surface area contributed by atoms with Gasteiger partial charge in [-0.05, 0) is 73.7 Å². The van der Waals surface area contributed by atoms with Gasteiger partial charge in [0.15, 0.2) is 0 Å². The lowest BCUT2D eigenvalue weighted by molar-refractivity contribution is -0.117. The predicted octanol–water partition coefficient (Wildman–Crippen LogP) is 2.43. The highest BCUT2D eigenvalue weighted by Gasteiger charge is 2.30. The molecule has 1 amide bonds. The van der Waals surface area contributed by atoms with E-state index in [1.54, 1.807) is 0 Å². The highest BCUT2D eigenvalue weighted by Crippen LogP contribution is 2.31. The van der Waals surface area contributed by atoms with Gasteiger partial charge in [-0.2, -0.15) is 5.21 Å². The number of anilines is 1. The summed E-state index contributed by atoms with van der Waals surface area (Å²) in [7, 11) is 0. The lowest BCUT2D eigenvalue weighted by Crippen LogP contribution is -2.37. The van der Waals surface area contributed by atoms with Crippen LogP contribution in [0.2, 0.25) is 0 Å². The number of aromatic nitrogens is 4. The highest BCUT2D eigenvalue weighted by atomic mass is 16.2. The summed E-state index contributed by atoms with van der Waals surface area (Å²) in [5.74, 6) is 0.567. The Kier molecular flexibility index (Phi) is 4.56. The normalized spacial score (nSPS) is 20.7. The lowest BCUT2D eigenvalue weighted by atomic mass is 9.88. The number of amides is 1. The second-order valence-electron chi connectivity index (χ2n) is 6.63. The molecule has 0 unspecified atom stereocenters. The number of benzene rings is 1. The van der Waals surface area contributed by atoms with Crippen molar-refractivity contribution in [2.45, 2.75) is 44.6 Å². The molecule has 2 aliphatic rings. The molecule has 4 rings (SSSR count). The number of hydrogen-bond acceptors (Lipinski definition) is 5. The molecule has 0 spiro atoms. The quantitative estimate of drug-likeness (QED) is 0.747. The molecule has 1 saturated heterocycles. The number of H-pyrrole nitrogens is 1. The molecule has 7 nitrogen and oxygen atoms in total. The van der Waals surface area contributed by atoms with Gasteiger partial charge < -0.3 is 10.6 Å². The maximum Gasteiger partial charge on any atom is 0.245 e.